The molecule has 3 aromatic rings. The topological polar surface area (TPSA) is 105 Å². The average Bonchev–Trinajstić information content (AvgIpc) is 3.39. The summed E-state index contributed by atoms with van der Waals surface area (Å²) in [6, 6.07) is 9.41. The third-order valence-electron chi connectivity index (χ3n) is 5.67. The number of thiophene rings is 1. The summed E-state index contributed by atoms with van der Waals surface area (Å²) >= 11 is 1.33. The highest BCUT2D eigenvalue weighted by Crippen LogP contribution is 2.35. The largest absolute Gasteiger partial charge is 0.339 e. The molecule has 1 N–H and O–H groups in total. The lowest BCUT2D eigenvalue weighted by atomic mass is 9.97. The Morgan fingerprint density at radius 2 is 2.00 bits per heavy atom. The van der Waals surface area contributed by atoms with E-state index in [1.165, 1.54) is 15.6 Å². The van der Waals surface area contributed by atoms with Crippen LogP contribution in [0.1, 0.15) is 36.1 Å². The molecule has 0 atom stereocenters. The third kappa shape index (κ3) is 4.62. The van der Waals surface area contributed by atoms with Crippen LogP contribution in [0, 0.1) is 19.8 Å². The summed E-state index contributed by atoms with van der Waals surface area (Å²) in [7, 11) is -3.66. The van der Waals surface area contributed by atoms with Crippen LogP contribution in [-0.4, -0.2) is 41.9 Å². The lowest BCUT2D eigenvalue weighted by Crippen LogP contribution is -2.41. The summed E-state index contributed by atoms with van der Waals surface area (Å²) in [6.45, 7) is 6.15. The van der Waals surface area contributed by atoms with Gasteiger partial charge in [0.05, 0.1) is 9.77 Å². The molecule has 1 fully saturated rings. The quantitative estimate of drug-likeness (QED) is 0.579. The van der Waals surface area contributed by atoms with Gasteiger partial charge < -0.3 is 9.84 Å². The molecule has 8 nitrogen and oxygen atoms in total. The van der Waals surface area contributed by atoms with Gasteiger partial charge in [-0.05, 0) is 49.9 Å². The fourth-order valence-corrected chi connectivity index (χ4v) is 6.80. The zero-order valence-corrected chi connectivity index (χ0v) is 19.9. The first-order valence-corrected chi connectivity index (χ1v) is 12.8. The number of piperidine rings is 1. The fourth-order valence-electron chi connectivity index (χ4n) is 3.84. The van der Waals surface area contributed by atoms with Crippen molar-refractivity contribution in [3.05, 3.63) is 46.7 Å². The second kappa shape index (κ2) is 9.13. The van der Waals surface area contributed by atoms with E-state index in [-0.39, 0.29) is 16.7 Å². The van der Waals surface area contributed by atoms with E-state index >= 15 is 0 Å². The Hall–Kier alpha value is -2.56. The molecule has 1 aliphatic rings. The van der Waals surface area contributed by atoms with E-state index in [9.17, 15) is 13.2 Å². The summed E-state index contributed by atoms with van der Waals surface area (Å²) in [5.41, 5.74) is 1.94. The van der Waals surface area contributed by atoms with Crippen LogP contribution in [0.15, 0.2) is 39.8 Å². The summed E-state index contributed by atoms with van der Waals surface area (Å²) < 4.78 is 33.0. The van der Waals surface area contributed by atoms with Gasteiger partial charge in [0.1, 0.15) is 0 Å². The van der Waals surface area contributed by atoms with Crippen LogP contribution in [-0.2, 0) is 21.2 Å². The summed E-state index contributed by atoms with van der Waals surface area (Å²) in [6.07, 6.45) is 1.87. The van der Waals surface area contributed by atoms with Gasteiger partial charge in [0.2, 0.25) is 27.6 Å². The molecular formula is C22H26N4O4S2. The van der Waals surface area contributed by atoms with Gasteiger partial charge in [0.25, 0.3) is 0 Å². The number of nitrogens with zero attached hydrogens (tertiary/aromatic N) is 3. The number of hydrogen-bond donors (Lipinski definition) is 1. The van der Waals surface area contributed by atoms with E-state index in [1.807, 2.05) is 24.3 Å². The van der Waals surface area contributed by atoms with E-state index < -0.39 is 10.0 Å². The molecule has 170 valence electrons. The predicted octanol–water partition coefficient (Wildman–Crippen LogP) is 4.02. The zero-order valence-electron chi connectivity index (χ0n) is 18.3. The number of aryl methyl sites for hydroxylation is 3. The lowest BCUT2D eigenvalue weighted by Gasteiger charge is -2.30. The molecule has 3 heterocycles. The maximum Gasteiger partial charge on any atom is 0.244 e. The Morgan fingerprint density at radius 3 is 2.66 bits per heavy atom. The van der Waals surface area contributed by atoms with E-state index in [4.69, 9.17) is 4.52 Å². The summed E-state index contributed by atoms with van der Waals surface area (Å²) in [5, 5.41) is 6.86. The van der Waals surface area contributed by atoms with Gasteiger partial charge in [0.15, 0.2) is 0 Å². The lowest BCUT2D eigenvalue weighted by molar-refractivity contribution is -0.120. The molecule has 4 rings (SSSR count). The van der Waals surface area contributed by atoms with Crippen molar-refractivity contribution in [3.63, 3.8) is 0 Å². The Bertz CT molecular complexity index is 1220. The molecule has 0 saturated carbocycles. The second-order valence-electron chi connectivity index (χ2n) is 7.89. The maximum absolute atomic E-state index is 13.3. The first kappa shape index (κ1) is 22.6. The first-order valence-electron chi connectivity index (χ1n) is 10.6. The van der Waals surface area contributed by atoms with Crippen molar-refractivity contribution in [2.24, 2.45) is 5.92 Å². The number of hydrogen-bond acceptors (Lipinski definition) is 7. The fraction of sp³-hybridized carbons (Fsp3) is 0.409. The molecular weight excluding hydrogens is 448 g/mol. The Balaban J connectivity index is 1.42. The van der Waals surface area contributed by atoms with Crippen molar-refractivity contribution in [3.8, 4) is 10.7 Å². The number of amides is 1. The van der Waals surface area contributed by atoms with Crippen LogP contribution in [0.25, 0.3) is 10.7 Å². The normalized spacial score (nSPS) is 15.7. The number of benzene rings is 1. The van der Waals surface area contributed by atoms with Crippen molar-refractivity contribution in [1.82, 2.24) is 14.4 Å². The number of nitrogens with one attached hydrogen (secondary N) is 1. The zero-order chi connectivity index (χ0) is 22.9. The van der Waals surface area contributed by atoms with Gasteiger partial charge in [0, 0.05) is 36.5 Å². The van der Waals surface area contributed by atoms with Crippen molar-refractivity contribution >= 4 is 33.0 Å². The molecule has 2 aromatic heterocycles. The van der Waals surface area contributed by atoms with Crippen molar-refractivity contribution in [2.45, 2.75) is 44.9 Å². The predicted molar refractivity (Wildman–Crippen MR) is 123 cm³/mol. The molecule has 0 radical (unpaired) electrons. The van der Waals surface area contributed by atoms with Crippen LogP contribution in [0.2, 0.25) is 0 Å². The number of carbonyl (C=O) groups excluding carboxylic acids is 1. The number of aromatic nitrogens is 2. The molecule has 1 aromatic carbocycles. The molecule has 0 bridgehead atoms. The highest BCUT2D eigenvalue weighted by molar-refractivity contribution is 7.89. The van der Waals surface area contributed by atoms with Crippen LogP contribution in [0.3, 0.4) is 0 Å². The highest BCUT2D eigenvalue weighted by Gasteiger charge is 2.34. The Kier molecular flexibility index (Phi) is 6.45. The van der Waals surface area contributed by atoms with Crippen LogP contribution >= 0.6 is 11.3 Å². The number of anilines is 1. The van der Waals surface area contributed by atoms with Gasteiger partial charge in [-0.25, -0.2) is 8.42 Å². The van der Waals surface area contributed by atoms with E-state index in [2.05, 4.69) is 22.4 Å². The van der Waals surface area contributed by atoms with Gasteiger partial charge in [-0.3, -0.25) is 4.79 Å². The smallest absolute Gasteiger partial charge is 0.244 e. The minimum Gasteiger partial charge on any atom is -0.339 e. The van der Waals surface area contributed by atoms with Gasteiger partial charge >= 0.3 is 0 Å². The number of sulfonamides is 1. The monoisotopic (exact) mass is 474 g/mol. The van der Waals surface area contributed by atoms with E-state index in [0.717, 1.165) is 17.7 Å². The molecule has 0 aliphatic carbocycles. The van der Waals surface area contributed by atoms with Crippen molar-refractivity contribution in [1.29, 1.82) is 0 Å². The Morgan fingerprint density at radius 1 is 1.25 bits per heavy atom. The molecule has 0 spiro atoms. The Labute approximate surface area is 191 Å². The number of rotatable bonds is 6. The van der Waals surface area contributed by atoms with Crippen molar-refractivity contribution < 1.29 is 17.7 Å². The molecule has 1 saturated heterocycles. The summed E-state index contributed by atoms with van der Waals surface area (Å²) in [4.78, 5) is 18.5. The molecule has 1 amide bonds. The second-order valence-corrected chi connectivity index (χ2v) is 11.1. The number of carbonyl (C=O) groups is 1. The third-order valence-corrected chi connectivity index (χ3v) is 8.87. The van der Waals surface area contributed by atoms with Crippen LogP contribution < -0.4 is 5.32 Å². The van der Waals surface area contributed by atoms with Crippen LogP contribution in [0.4, 0.5) is 5.69 Å². The van der Waals surface area contributed by atoms with E-state index in [0.29, 0.717) is 47.4 Å². The van der Waals surface area contributed by atoms with Gasteiger partial charge in [-0.2, -0.15) is 9.29 Å². The SMILES string of the molecule is CCc1cccc(NC(=O)C2CCN(S(=O)(=O)c3cc(-c4noc(C)n4)sc3C)CC2)c1. The summed E-state index contributed by atoms with van der Waals surface area (Å²) in [5.74, 6) is 0.543. The van der Waals surface area contributed by atoms with Crippen molar-refractivity contribution in [2.75, 3.05) is 18.4 Å². The molecule has 32 heavy (non-hydrogen) atoms. The van der Waals surface area contributed by atoms with Crippen LogP contribution in [0.5, 0.6) is 0 Å². The van der Waals surface area contributed by atoms with Gasteiger partial charge in [-0.15, -0.1) is 11.3 Å². The molecule has 1 aliphatic heterocycles. The average molecular weight is 475 g/mol. The first-order chi connectivity index (χ1) is 15.3. The minimum atomic E-state index is -3.66. The highest BCUT2D eigenvalue weighted by atomic mass is 32.2. The minimum absolute atomic E-state index is 0.0585. The molecule has 10 heteroatoms. The standard InChI is InChI=1S/C22H26N4O4S2/c1-4-16-6-5-7-18(12-16)24-22(27)17-8-10-26(11-9-17)32(28,29)20-13-19(31-14(20)2)21-23-15(3)30-25-21/h5-7,12-13,17H,4,8-11H2,1-3H3,(H,24,27). The van der Waals surface area contributed by atoms with Gasteiger partial charge in [-0.1, -0.05) is 24.2 Å². The maximum atomic E-state index is 13.3. The van der Waals surface area contributed by atoms with E-state index in [1.54, 1.807) is 19.9 Å². The molecule has 0 unspecified atom stereocenters.